The van der Waals surface area contributed by atoms with Gasteiger partial charge in [-0.15, -0.1) is 0 Å². The first kappa shape index (κ1) is 17.3. The molecule has 5 heteroatoms. The van der Waals surface area contributed by atoms with Crippen molar-refractivity contribution in [2.24, 2.45) is 11.8 Å². The first-order chi connectivity index (χ1) is 10.4. The second-order valence-electron chi connectivity index (χ2n) is 6.53. The van der Waals surface area contributed by atoms with Gasteiger partial charge in [0.2, 0.25) is 5.91 Å². The number of carbonyl (C=O) groups is 1. The van der Waals surface area contributed by atoms with E-state index in [1.165, 1.54) is 24.6 Å². The van der Waals surface area contributed by atoms with Crippen LogP contribution in [-0.4, -0.2) is 27.7 Å². The summed E-state index contributed by atoms with van der Waals surface area (Å²) >= 11 is 1.42. The molecule has 1 heterocycles. The average Bonchev–Trinajstić information content (AvgIpc) is 2.47. The molecular weight excluding hydrogens is 294 g/mol. The molecule has 1 aliphatic carbocycles. The van der Waals surface area contributed by atoms with Crippen molar-refractivity contribution in [2.45, 2.75) is 65.1 Å². The minimum Gasteiger partial charge on any atom is -0.352 e. The van der Waals surface area contributed by atoms with Crippen LogP contribution in [0.1, 0.15) is 50.1 Å². The highest BCUT2D eigenvalue weighted by atomic mass is 32.2. The molecule has 1 saturated carbocycles. The summed E-state index contributed by atoms with van der Waals surface area (Å²) in [5, 5.41) is 3.89. The van der Waals surface area contributed by atoms with Gasteiger partial charge in [0, 0.05) is 17.4 Å². The summed E-state index contributed by atoms with van der Waals surface area (Å²) < 4.78 is 0. The zero-order valence-corrected chi connectivity index (χ0v) is 15.1. The summed E-state index contributed by atoms with van der Waals surface area (Å²) in [5.41, 5.74) is 3.11. The van der Waals surface area contributed by atoms with Gasteiger partial charge in [-0.25, -0.2) is 9.97 Å². The number of nitrogens with zero attached hydrogens (tertiary/aromatic N) is 2. The number of hydrogen-bond acceptors (Lipinski definition) is 4. The second-order valence-corrected chi connectivity index (χ2v) is 7.47. The summed E-state index contributed by atoms with van der Waals surface area (Å²) in [6.45, 7) is 10.5. The number of thioether (sulfide) groups is 1. The van der Waals surface area contributed by atoms with Crippen LogP contribution in [0.15, 0.2) is 5.16 Å². The lowest BCUT2D eigenvalue weighted by Crippen LogP contribution is -2.44. The van der Waals surface area contributed by atoms with E-state index in [4.69, 9.17) is 0 Å². The van der Waals surface area contributed by atoms with Gasteiger partial charge in [-0.1, -0.05) is 38.5 Å². The van der Waals surface area contributed by atoms with E-state index in [1.54, 1.807) is 0 Å². The molecule has 0 saturated heterocycles. The molecule has 3 atom stereocenters. The standard InChI is InChI=1S/C17H27N3OS/c1-10-7-6-8-15(11(10)2)20-16(21)9-22-17-18-13(4)12(3)14(5)19-17/h10-11,15H,6-9H2,1-5H3,(H,20,21)/t10-,11+,15+/m0/s1. The highest BCUT2D eigenvalue weighted by Crippen LogP contribution is 2.29. The number of amides is 1. The van der Waals surface area contributed by atoms with Crippen molar-refractivity contribution in [3.63, 3.8) is 0 Å². The van der Waals surface area contributed by atoms with E-state index in [2.05, 4.69) is 29.1 Å². The fourth-order valence-corrected chi connectivity index (χ4v) is 3.72. The molecule has 0 unspecified atom stereocenters. The van der Waals surface area contributed by atoms with Crippen LogP contribution in [0.2, 0.25) is 0 Å². The van der Waals surface area contributed by atoms with Gasteiger partial charge < -0.3 is 5.32 Å². The predicted octanol–water partition coefficient (Wildman–Crippen LogP) is 3.43. The van der Waals surface area contributed by atoms with Crippen LogP contribution in [-0.2, 0) is 4.79 Å². The molecule has 0 aliphatic heterocycles. The monoisotopic (exact) mass is 321 g/mol. The van der Waals surface area contributed by atoms with Crippen LogP contribution >= 0.6 is 11.8 Å². The van der Waals surface area contributed by atoms with Gasteiger partial charge in [0.15, 0.2) is 5.16 Å². The zero-order chi connectivity index (χ0) is 16.3. The van der Waals surface area contributed by atoms with Gasteiger partial charge in [-0.3, -0.25) is 4.79 Å². The maximum atomic E-state index is 12.2. The SMILES string of the molecule is Cc1nc(SCC(=O)N[C@@H]2CCC[C@H](C)[C@H]2C)nc(C)c1C. The third kappa shape index (κ3) is 4.22. The Labute approximate surface area is 137 Å². The zero-order valence-electron chi connectivity index (χ0n) is 14.3. The van der Waals surface area contributed by atoms with Crippen molar-refractivity contribution in [1.82, 2.24) is 15.3 Å². The minimum absolute atomic E-state index is 0.0930. The maximum absolute atomic E-state index is 12.2. The molecule has 1 amide bonds. The van der Waals surface area contributed by atoms with Gasteiger partial charge in [0.1, 0.15) is 0 Å². The lowest BCUT2D eigenvalue weighted by Gasteiger charge is -2.34. The highest BCUT2D eigenvalue weighted by Gasteiger charge is 2.28. The number of nitrogens with one attached hydrogen (secondary N) is 1. The van der Waals surface area contributed by atoms with E-state index in [9.17, 15) is 4.79 Å². The van der Waals surface area contributed by atoms with Crippen LogP contribution < -0.4 is 5.32 Å². The van der Waals surface area contributed by atoms with Crippen molar-refractivity contribution in [2.75, 3.05) is 5.75 Å². The summed E-state index contributed by atoms with van der Waals surface area (Å²) in [5.74, 6) is 1.73. The van der Waals surface area contributed by atoms with Crippen LogP contribution in [0, 0.1) is 32.6 Å². The molecule has 1 fully saturated rings. The molecular formula is C17H27N3OS. The second kappa shape index (κ2) is 7.44. The number of rotatable bonds is 4. The van der Waals surface area contributed by atoms with Gasteiger partial charge in [0.05, 0.1) is 5.75 Å². The third-order valence-corrected chi connectivity index (χ3v) is 5.84. The van der Waals surface area contributed by atoms with Crippen molar-refractivity contribution in [3.05, 3.63) is 17.0 Å². The van der Waals surface area contributed by atoms with E-state index >= 15 is 0 Å². The molecule has 0 spiro atoms. The Balaban J connectivity index is 1.88. The van der Waals surface area contributed by atoms with Crippen LogP contribution in [0.25, 0.3) is 0 Å². The fraction of sp³-hybridized carbons (Fsp3) is 0.706. The van der Waals surface area contributed by atoms with E-state index in [0.29, 0.717) is 28.8 Å². The maximum Gasteiger partial charge on any atom is 0.230 e. The predicted molar refractivity (Wildman–Crippen MR) is 91.1 cm³/mol. The lowest BCUT2D eigenvalue weighted by atomic mass is 9.78. The number of aromatic nitrogens is 2. The van der Waals surface area contributed by atoms with Crippen molar-refractivity contribution in [1.29, 1.82) is 0 Å². The number of hydrogen-bond donors (Lipinski definition) is 1. The molecule has 1 N–H and O–H groups in total. The van der Waals surface area contributed by atoms with Crippen LogP contribution in [0.5, 0.6) is 0 Å². The Kier molecular flexibility index (Phi) is 5.84. The lowest BCUT2D eigenvalue weighted by molar-refractivity contribution is -0.120. The van der Waals surface area contributed by atoms with Gasteiger partial charge in [0.25, 0.3) is 0 Å². The number of aryl methyl sites for hydroxylation is 2. The Morgan fingerprint density at radius 2 is 1.82 bits per heavy atom. The molecule has 0 bridgehead atoms. The van der Waals surface area contributed by atoms with E-state index in [1.807, 2.05) is 20.8 Å². The van der Waals surface area contributed by atoms with Crippen LogP contribution in [0.4, 0.5) is 0 Å². The summed E-state index contributed by atoms with van der Waals surface area (Å²) in [6.07, 6.45) is 3.59. The Hall–Kier alpha value is -1.10. The molecule has 122 valence electrons. The first-order valence-electron chi connectivity index (χ1n) is 8.12. The van der Waals surface area contributed by atoms with Crippen molar-refractivity contribution in [3.8, 4) is 0 Å². The molecule has 22 heavy (non-hydrogen) atoms. The Bertz CT molecular complexity index is 524. The molecule has 1 aliphatic rings. The van der Waals surface area contributed by atoms with Gasteiger partial charge in [-0.05, 0) is 44.6 Å². The van der Waals surface area contributed by atoms with E-state index in [0.717, 1.165) is 23.4 Å². The Morgan fingerprint density at radius 1 is 1.18 bits per heavy atom. The Morgan fingerprint density at radius 3 is 2.45 bits per heavy atom. The summed E-state index contributed by atoms with van der Waals surface area (Å²) in [6, 6.07) is 0.319. The first-order valence-corrected chi connectivity index (χ1v) is 9.11. The third-order valence-electron chi connectivity index (χ3n) is 5.00. The normalized spacial score (nSPS) is 25.0. The molecule has 4 nitrogen and oxygen atoms in total. The number of carbonyl (C=O) groups excluding carboxylic acids is 1. The average molecular weight is 321 g/mol. The topological polar surface area (TPSA) is 54.9 Å². The molecule has 1 aromatic heterocycles. The minimum atomic E-state index is 0.0930. The molecule has 0 radical (unpaired) electrons. The summed E-state index contributed by atoms with van der Waals surface area (Å²) in [4.78, 5) is 21.1. The molecule has 2 rings (SSSR count). The van der Waals surface area contributed by atoms with Gasteiger partial charge in [-0.2, -0.15) is 0 Å². The van der Waals surface area contributed by atoms with Gasteiger partial charge >= 0.3 is 0 Å². The van der Waals surface area contributed by atoms with Crippen molar-refractivity contribution < 1.29 is 4.79 Å². The highest BCUT2D eigenvalue weighted by molar-refractivity contribution is 7.99. The van der Waals surface area contributed by atoms with E-state index in [-0.39, 0.29) is 5.91 Å². The quantitative estimate of drug-likeness (QED) is 0.682. The molecule has 1 aromatic rings. The summed E-state index contributed by atoms with van der Waals surface area (Å²) in [7, 11) is 0. The largest absolute Gasteiger partial charge is 0.352 e. The van der Waals surface area contributed by atoms with E-state index < -0.39 is 0 Å². The molecule has 0 aromatic carbocycles. The fourth-order valence-electron chi connectivity index (χ4n) is 2.97. The smallest absolute Gasteiger partial charge is 0.230 e. The van der Waals surface area contributed by atoms with Crippen LogP contribution in [0.3, 0.4) is 0 Å². The van der Waals surface area contributed by atoms with Crippen molar-refractivity contribution >= 4 is 17.7 Å².